The highest BCUT2D eigenvalue weighted by Crippen LogP contribution is 2.34. The fourth-order valence-corrected chi connectivity index (χ4v) is 2.08. The molecule has 0 aliphatic rings. The summed E-state index contributed by atoms with van der Waals surface area (Å²) in [5.41, 5.74) is 2.62. The molecule has 0 saturated carbocycles. The standard InChI is InChI=1S/C15H11Cl3O/c16-15(17,18)10-14(11-4-2-1-3-5-11)12-6-8-13(19)9-7-12/h1-10,19H. The SMILES string of the molecule is Oc1ccc(C(=CC(Cl)(Cl)Cl)c2ccccc2)cc1. The Labute approximate surface area is 127 Å². The molecular formula is C15H11Cl3O. The van der Waals surface area contributed by atoms with E-state index in [0.29, 0.717) is 0 Å². The third-order valence-corrected chi connectivity index (χ3v) is 2.90. The number of phenols is 1. The van der Waals surface area contributed by atoms with Crippen LogP contribution in [0.4, 0.5) is 0 Å². The van der Waals surface area contributed by atoms with Gasteiger partial charge in [0, 0.05) is 0 Å². The number of hydrogen-bond donors (Lipinski definition) is 1. The predicted octanol–water partition coefficient (Wildman–Crippen LogP) is 5.19. The molecule has 0 unspecified atom stereocenters. The van der Waals surface area contributed by atoms with Gasteiger partial charge in [-0.15, -0.1) is 0 Å². The van der Waals surface area contributed by atoms with Gasteiger partial charge in [-0.25, -0.2) is 0 Å². The quantitative estimate of drug-likeness (QED) is 0.756. The van der Waals surface area contributed by atoms with Crippen molar-refractivity contribution >= 4 is 40.4 Å². The van der Waals surface area contributed by atoms with Crippen molar-refractivity contribution in [3.8, 4) is 5.75 Å². The van der Waals surface area contributed by atoms with E-state index in [1.165, 1.54) is 0 Å². The first-order chi connectivity index (χ1) is 8.96. The molecule has 2 aromatic carbocycles. The highest BCUT2D eigenvalue weighted by molar-refractivity contribution is 6.69. The first-order valence-corrected chi connectivity index (χ1v) is 6.73. The molecule has 1 nitrogen and oxygen atoms in total. The van der Waals surface area contributed by atoms with Crippen molar-refractivity contribution in [2.24, 2.45) is 0 Å². The largest absolute Gasteiger partial charge is 0.508 e. The Bertz CT molecular complexity index is 569. The number of alkyl halides is 3. The summed E-state index contributed by atoms with van der Waals surface area (Å²) < 4.78 is -1.48. The van der Waals surface area contributed by atoms with Crippen molar-refractivity contribution in [2.45, 2.75) is 3.79 Å². The average molecular weight is 314 g/mol. The summed E-state index contributed by atoms with van der Waals surface area (Å²) >= 11 is 17.6. The van der Waals surface area contributed by atoms with Crippen LogP contribution in [0.15, 0.2) is 60.7 Å². The second kappa shape index (κ2) is 5.87. The number of hydrogen-bond acceptors (Lipinski definition) is 1. The van der Waals surface area contributed by atoms with Crippen molar-refractivity contribution in [1.29, 1.82) is 0 Å². The Morgan fingerprint density at radius 3 is 1.89 bits per heavy atom. The topological polar surface area (TPSA) is 20.2 Å². The molecule has 0 heterocycles. The summed E-state index contributed by atoms with van der Waals surface area (Å²) in [5.74, 6) is 0.199. The Morgan fingerprint density at radius 2 is 1.37 bits per heavy atom. The molecule has 0 radical (unpaired) electrons. The zero-order valence-electron chi connectivity index (χ0n) is 9.85. The van der Waals surface area contributed by atoms with Crippen LogP contribution >= 0.6 is 34.8 Å². The van der Waals surface area contributed by atoms with E-state index in [1.807, 2.05) is 30.3 Å². The number of benzene rings is 2. The molecule has 0 bridgehead atoms. The van der Waals surface area contributed by atoms with Crippen molar-refractivity contribution in [2.75, 3.05) is 0 Å². The third-order valence-electron chi connectivity index (χ3n) is 2.57. The van der Waals surface area contributed by atoms with Crippen LogP contribution in [0.2, 0.25) is 0 Å². The second-order valence-electron chi connectivity index (χ2n) is 4.01. The molecule has 0 aliphatic carbocycles. The molecule has 1 N–H and O–H groups in total. The molecule has 2 aromatic rings. The number of halogens is 3. The average Bonchev–Trinajstić information content (AvgIpc) is 2.37. The van der Waals surface area contributed by atoms with E-state index < -0.39 is 3.79 Å². The smallest absolute Gasteiger partial charge is 0.210 e. The normalized spacial score (nSPS) is 12.5. The number of rotatable bonds is 2. The third kappa shape index (κ3) is 4.17. The van der Waals surface area contributed by atoms with E-state index in [1.54, 1.807) is 30.3 Å². The molecule has 0 spiro atoms. The van der Waals surface area contributed by atoms with Crippen molar-refractivity contribution < 1.29 is 5.11 Å². The van der Waals surface area contributed by atoms with Gasteiger partial charge in [-0.3, -0.25) is 0 Å². The Morgan fingerprint density at radius 1 is 0.842 bits per heavy atom. The fraction of sp³-hybridized carbons (Fsp3) is 0.0667. The lowest BCUT2D eigenvalue weighted by atomic mass is 9.98. The van der Waals surface area contributed by atoms with Crippen LogP contribution in [0.3, 0.4) is 0 Å². The van der Waals surface area contributed by atoms with E-state index in [9.17, 15) is 5.11 Å². The number of phenolic OH excluding ortho intramolecular Hbond substituents is 1. The first kappa shape index (κ1) is 14.3. The molecule has 0 fully saturated rings. The van der Waals surface area contributed by atoms with Gasteiger partial charge in [0.15, 0.2) is 0 Å². The van der Waals surface area contributed by atoms with Crippen molar-refractivity contribution in [3.05, 3.63) is 71.8 Å². The monoisotopic (exact) mass is 312 g/mol. The van der Waals surface area contributed by atoms with E-state index in [0.717, 1.165) is 16.7 Å². The molecule has 19 heavy (non-hydrogen) atoms. The zero-order chi connectivity index (χ0) is 13.9. The second-order valence-corrected chi connectivity index (χ2v) is 6.38. The summed E-state index contributed by atoms with van der Waals surface area (Å²) in [6.07, 6.45) is 1.57. The van der Waals surface area contributed by atoms with Gasteiger partial charge in [-0.2, -0.15) is 0 Å². The highest BCUT2D eigenvalue weighted by Gasteiger charge is 2.18. The van der Waals surface area contributed by atoms with Gasteiger partial charge in [-0.05, 0) is 34.9 Å². The van der Waals surface area contributed by atoms with Crippen LogP contribution in [0, 0.1) is 0 Å². The molecule has 0 aliphatic heterocycles. The van der Waals surface area contributed by atoms with E-state index in [4.69, 9.17) is 34.8 Å². The van der Waals surface area contributed by atoms with E-state index in [-0.39, 0.29) is 5.75 Å². The van der Waals surface area contributed by atoms with Crippen LogP contribution in [0.1, 0.15) is 11.1 Å². The fourth-order valence-electron chi connectivity index (χ4n) is 1.76. The molecule has 0 amide bonds. The van der Waals surface area contributed by atoms with Gasteiger partial charge in [0.05, 0.1) is 0 Å². The van der Waals surface area contributed by atoms with E-state index in [2.05, 4.69) is 0 Å². The molecule has 4 heteroatoms. The molecule has 2 rings (SSSR count). The minimum atomic E-state index is -1.48. The van der Waals surface area contributed by atoms with E-state index >= 15 is 0 Å². The Kier molecular flexibility index (Phi) is 4.41. The summed E-state index contributed by atoms with van der Waals surface area (Å²) in [6, 6.07) is 16.4. The Balaban J connectivity index is 2.53. The maximum atomic E-state index is 9.34. The van der Waals surface area contributed by atoms with Gasteiger partial charge >= 0.3 is 0 Å². The Hall–Kier alpha value is -1.15. The summed E-state index contributed by atoms with van der Waals surface area (Å²) in [7, 11) is 0. The van der Waals surface area contributed by atoms with Gasteiger partial charge in [0.2, 0.25) is 3.79 Å². The van der Waals surface area contributed by atoms with Crippen LogP contribution in [-0.4, -0.2) is 8.90 Å². The van der Waals surface area contributed by atoms with Crippen LogP contribution in [-0.2, 0) is 0 Å². The molecule has 0 atom stereocenters. The lowest BCUT2D eigenvalue weighted by molar-refractivity contribution is 0.475. The summed E-state index contributed by atoms with van der Waals surface area (Å²) in [6.45, 7) is 0. The summed E-state index contributed by atoms with van der Waals surface area (Å²) in [5, 5.41) is 9.34. The molecule has 98 valence electrons. The minimum absolute atomic E-state index is 0.199. The molecule has 0 aromatic heterocycles. The maximum Gasteiger partial charge on any atom is 0.210 e. The van der Waals surface area contributed by atoms with Gasteiger partial charge in [-0.1, -0.05) is 77.3 Å². The van der Waals surface area contributed by atoms with Crippen LogP contribution < -0.4 is 0 Å². The van der Waals surface area contributed by atoms with Crippen molar-refractivity contribution in [1.82, 2.24) is 0 Å². The highest BCUT2D eigenvalue weighted by atomic mass is 35.6. The summed E-state index contributed by atoms with van der Waals surface area (Å²) in [4.78, 5) is 0. The van der Waals surface area contributed by atoms with Crippen molar-refractivity contribution in [3.63, 3.8) is 0 Å². The number of aromatic hydroxyl groups is 1. The van der Waals surface area contributed by atoms with Gasteiger partial charge in [0.25, 0.3) is 0 Å². The zero-order valence-corrected chi connectivity index (χ0v) is 12.1. The first-order valence-electron chi connectivity index (χ1n) is 5.60. The molecular weight excluding hydrogens is 303 g/mol. The van der Waals surface area contributed by atoms with Crippen LogP contribution in [0.25, 0.3) is 5.57 Å². The van der Waals surface area contributed by atoms with Crippen LogP contribution in [0.5, 0.6) is 5.75 Å². The van der Waals surface area contributed by atoms with Gasteiger partial charge in [0.1, 0.15) is 5.75 Å². The maximum absolute atomic E-state index is 9.34. The lowest BCUT2D eigenvalue weighted by Crippen LogP contribution is -1.99. The lowest BCUT2D eigenvalue weighted by Gasteiger charge is -2.12. The minimum Gasteiger partial charge on any atom is -0.508 e. The predicted molar refractivity (Wildman–Crippen MR) is 81.9 cm³/mol. The van der Waals surface area contributed by atoms with Gasteiger partial charge < -0.3 is 5.11 Å². The number of allylic oxidation sites excluding steroid dienone is 1. The molecule has 0 saturated heterocycles.